The average molecular weight is 351 g/mol. The molecule has 8 heteroatoms. The molecule has 2 unspecified atom stereocenters. The molecule has 4 rings (SSSR count). The molecule has 0 N–H and O–H groups in total. The topological polar surface area (TPSA) is 36.9 Å². The molecule has 106 valence electrons. The van der Waals surface area contributed by atoms with Crippen molar-refractivity contribution in [2.24, 2.45) is 0 Å². The lowest BCUT2D eigenvalue weighted by atomic mass is 10.3. The summed E-state index contributed by atoms with van der Waals surface area (Å²) in [4.78, 5) is 1.89. The number of alkyl halides is 2. The van der Waals surface area contributed by atoms with E-state index in [1.54, 1.807) is 0 Å². The Hall–Kier alpha value is -0.820. The molecule has 0 bridgehead atoms. The summed E-state index contributed by atoms with van der Waals surface area (Å²) >= 11 is 14.9. The van der Waals surface area contributed by atoms with Crippen molar-refractivity contribution in [3.8, 4) is 32.8 Å². The zero-order valence-electron chi connectivity index (χ0n) is 9.93. The first-order valence-electron chi connectivity index (χ1n) is 5.83. The van der Waals surface area contributed by atoms with E-state index in [0.29, 0.717) is 30.5 Å². The van der Waals surface area contributed by atoms with E-state index in [1.807, 2.05) is 10.8 Å². The molecule has 0 saturated carbocycles. The van der Waals surface area contributed by atoms with Gasteiger partial charge in [-0.1, -0.05) is 23.2 Å². The first-order valence-corrected chi connectivity index (χ1v) is 8.46. The van der Waals surface area contributed by atoms with Gasteiger partial charge in [-0.2, -0.15) is 0 Å². The van der Waals surface area contributed by atoms with Gasteiger partial charge < -0.3 is 18.9 Å². The van der Waals surface area contributed by atoms with Gasteiger partial charge in [0.1, 0.15) is 13.2 Å². The summed E-state index contributed by atoms with van der Waals surface area (Å²) in [6.07, 6.45) is 0. The molecule has 0 saturated heterocycles. The van der Waals surface area contributed by atoms with E-state index in [-0.39, 0.29) is 0 Å². The Labute approximate surface area is 132 Å². The van der Waals surface area contributed by atoms with Gasteiger partial charge >= 0.3 is 0 Å². The third-order valence-electron chi connectivity index (χ3n) is 2.86. The highest BCUT2D eigenvalue weighted by Crippen LogP contribution is 2.54. The second-order valence-electron chi connectivity index (χ2n) is 4.19. The van der Waals surface area contributed by atoms with Crippen molar-refractivity contribution in [3.63, 3.8) is 0 Å². The van der Waals surface area contributed by atoms with E-state index >= 15 is 0 Å². The molecule has 2 aliphatic rings. The van der Waals surface area contributed by atoms with Crippen LogP contribution >= 0.6 is 45.9 Å². The number of ether oxygens (including phenoxy) is 4. The Morgan fingerprint density at radius 1 is 0.850 bits per heavy atom. The van der Waals surface area contributed by atoms with Crippen LogP contribution in [0.25, 0.3) is 9.75 Å². The maximum absolute atomic E-state index is 5.98. The second-order valence-corrected chi connectivity index (χ2v) is 6.93. The molecule has 4 heterocycles. The first kappa shape index (κ1) is 12.9. The van der Waals surface area contributed by atoms with Crippen LogP contribution in [0.4, 0.5) is 0 Å². The van der Waals surface area contributed by atoms with E-state index in [4.69, 9.17) is 42.1 Å². The Kier molecular flexibility index (Phi) is 3.14. The Balaban J connectivity index is 1.78. The largest absolute Gasteiger partial charge is 0.484 e. The molecule has 2 atom stereocenters. The van der Waals surface area contributed by atoms with Gasteiger partial charge in [-0.05, 0) is 0 Å². The van der Waals surface area contributed by atoms with Crippen LogP contribution in [0, 0.1) is 0 Å². The molecule has 0 aliphatic carbocycles. The van der Waals surface area contributed by atoms with Gasteiger partial charge in [0.25, 0.3) is 0 Å². The van der Waals surface area contributed by atoms with Crippen molar-refractivity contribution in [1.82, 2.24) is 0 Å². The standard InChI is InChI=1S/C12H8Cl2O4S2/c13-7-2-16-9-6(17-7)4-20-11(9)12-10-5(3-19-12)15-1-8(14)18-10/h3-4,7-8H,1-2H2. The fourth-order valence-electron chi connectivity index (χ4n) is 2.04. The van der Waals surface area contributed by atoms with Crippen LogP contribution in [0.1, 0.15) is 0 Å². The first-order chi connectivity index (χ1) is 9.72. The second kappa shape index (κ2) is 4.87. The van der Waals surface area contributed by atoms with Crippen LogP contribution in [-0.4, -0.2) is 24.3 Å². The average Bonchev–Trinajstić information content (AvgIpc) is 3.01. The van der Waals surface area contributed by atoms with Crippen molar-refractivity contribution in [2.45, 2.75) is 11.1 Å². The number of fused-ring (bicyclic) bond motifs is 2. The lowest BCUT2D eigenvalue weighted by Crippen LogP contribution is -2.23. The van der Waals surface area contributed by atoms with Crippen molar-refractivity contribution < 1.29 is 18.9 Å². The normalized spacial score (nSPS) is 23.7. The molecule has 2 aliphatic heterocycles. The van der Waals surface area contributed by atoms with Crippen molar-refractivity contribution in [2.75, 3.05) is 13.2 Å². The van der Waals surface area contributed by atoms with Crippen LogP contribution < -0.4 is 18.9 Å². The molecule has 0 spiro atoms. The number of halogens is 2. The maximum atomic E-state index is 5.98. The van der Waals surface area contributed by atoms with Crippen molar-refractivity contribution in [3.05, 3.63) is 10.8 Å². The minimum atomic E-state index is -0.476. The van der Waals surface area contributed by atoms with Crippen LogP contribution in [0.2, 0.25) is 0 Å². The zero-order valence-corrected chi connectivity index (χ0v) is 13.1. The fraction of sp³-hybridized carbons (Fsp3) is 0.333. The van der Waals surface area contributed by atoms with Crippen LogP contribution in [0.3, 0.4) is 0 Å². The summed E-state index contributed by atoms with van der Waals surface area (Å²) in [6, 6.07) is 0. The minimum absolute atomic E-state index is 0.321. The number of hydrogen-bond donors (Lipinski definition) is 0. The van der Waals surface area contributed by atoms with E-state index in [0.717, 1.165) is 15.5 Å². The summed E-state index contributed by atoms with van der Waals surface area (Å²) < 4.78 is 22.4. The molecule has 4 nitrogen and oxygen atoms in total. The van der Waals surface area contributed by atoms with Gasteiger partial charge in [-0.3, -0.25) is 0 Å². The summed E-state index contributed by atoms with van der Waals surface area (Å²) in [5.74, 6) is 2.76. The predicted octanol–water partition coefficient (Wildman–Crippen LogP) is 4.15. The highest BCUT2D eigenvalue weighted by atomic mass is 35.5. The number of hydrogen-bond acceptors (Lipinski definition) is 6. The Morgan fingerprint density at radius 3 is 2.35 bits per heavy atom. The zero-order chi connectivity index (χ0) is 13.7. The summed E-state index contributed by atoms with van der Waals surface area (Å²) in [7, 11) is 0. The van der Waals surface area contributed by atoms with Crippen molar-refractivity contribution >= 4 is 45.9 Å². The molecule has 20 heavy (non-hydrogen) atoms. The lowest BCUT2D eigenvalue weighted by Gasteiger charge is -2.22. The molecule has 0 fully saturated rings. The SMILES string of the molecule is ClC1COc2c(csc2-c2scc3c2OC(Cl)CO3)O1. The molecule has 2 aromatic rings. The highest BCUT2D eigenvalue weighted by molar-refractivity contribution is 7.21. The predicted molar refractivity (Wildman–Crippen MR) is 79.2 cm³/mol. The molecular formula is C12H8Cl2O4S2. The molecule has 0 aromatic carbocycles. The molecular weight excluding hydrogens is 343 g/mol. The Bertz CT molecular complexity index is 654. The lowest BCUT2D eigenvalue weighted by molar-refractivity contribution is 0.144. The Morgan fingerprint density at radius 2 is 1.50 bits per heavy atom. The van der Waals surface area contributed by atoms with Crippen LogP contribution in [-0.2, 0) is 0 Å². The fourth-order valence-corrected chi connectivity index (χ4v) is 4.35. The number of thiophene rings is 2. The summed E-state index contributed by atoms with van der Waals surface area (Å²) in [5, 5.41) is 3.79. The van der Waals surface area contributed by atoms with E-state index < -0.39 is 11.1 Å². The van der Waals surface area contributed by atoms with Gasteiger partial charge in [-0.25, -0.2) is 0 Å². The quantitative estimate of drug-likeness (QED) is 0.724. The van der Waals surface area contributed by atoms with Crippen LogP contribution in [0.15, 0.2) is 10.8 Å². The third-order valence-corrected chi connectivity index (χ3v) is 5.34. The molecule has 0 radical (unpaired) electrons. The van der Waals surface area contributed by atoms with Gasteiger partial charge in [0.05, 0.1) is 9.75 Å². The summed E-state index contributed by atoms with van der Waals surface area (Å²) in [5.41, 5.74) is -0.926. The van der Waals surface area contributed by atoms with Gasteiger partial charge in [0.2, 0.25) is 11.1 Å². The van der Waals surface area contributed by atoms with Gasteiger partial charge in [0, 0.05) is 10.8 Å². The molecule has 2 aromatic heterocycles. The van der Waals surface area contributed by atoms with Gasteiger partial charge in [0.15, 0.2) is 23.0 Å². The monoisotopic (exact) mass is 350 g/mol. The van der Waals surface area contributed by atoms with Gasteiger partial charge in [-0.15, -0.1) is 22.7 Å². The number of rotatable bonds is 1. The van der Waals surface area contributed by atoms with Crippen LogP contribution in [0.5, 0.6) is 23.0 Å². The van der Waals surface area contributed by atoms with E-state index in [1.165, 1.54) is 22.7 Å². The van der Waals surface area contributed by atoms with E-state index in [2.05, 4.69) is 0 Å². The van der Waals surface area contributed by atoms with E-state index in [9.17, 15) is 0 Å². The minimum Gasteiger partial charge on any atom is -0.484 e. The molecule has 0 amide bonds. The summed E-state index contributed by atoms with van der Waals surface area (Å²) in [6.45, 7) is 0.669. The smallest absolute Gasteiger partial charge is 0.206 e. The van der Waals surface area contributed by atoms with Crippen molar-refractivity contribution in [1.29, 1.82) is 0 Å². The third kappa shape index (κ3) is 2.02. The highest BCUT2D eigenvalue weighted by Gasteiger charge is 2.30. The maximum Gasteiger partial charge on any atom is 0.206 e.